The summed E-state index contributed by atoms with van der Waals surface area (Å²) in [5.74, 6) is -0.959. The zero-order valence-electron chi connectivity index (χ0n) is 13.9. The Morgan fingerprint density at radius 2 is 1.80 bits per heavy atom. The van der Waals surface area contributed by atoms with Crippen LogP contribution in [0.2, 0.25) is 0 Å². The van der Waals surface area contributed by atoms with Crippen molar-refractivity contribution in [1.29, 1.82) is 0 Å². The van der Waals surface area contributed by atoms with Gasteiger partial charge in [0.1, 0.15) is 10.7 Å². The zero-order valence-corrected chi connectivity index (χ0v) is 14.7. The van der Waals surface area contributed by atoms with Crippen molar-refractivity contribution < 1.29 is 19.1 Å². The van der Waals surface area contributed by atoms with Crippen molar-refractivity contribution in [3.05, 3.63) is 41.0 Å². The fourth-order valence-electron chi connectivity index (χ4n) is 3.16. The van der Waals surface area contributed by atoms with Gasteiger partial charge in [-0.3, -0.25) is 4.79 Å². The van der Waals surface area contributed by atoms with Gasteiger partial charge in [-0.05, 0) is 55.4 Å². The van der Waals surface area contributed by atoms with Gasteiger partial charge in [-0.2, -0.15) is 0 Å². The summed E-state index contributed by atoms with van der Waals surface area (Å²) in [6.45, 7) is 2.19. The maximum Gasteiger partial charge on any atom is 0.348 e. The molecule has 6 heteroatoms. The molecule has 0 atom stereocenters. The third-order valence-corrected chi connectivity index (χ3v) is 5.87. The van der Waals surface area contributed by atoms with E-state index in [0.717, 1.165) is 42.6 Å². The Morgan fingerprint density at radius 3 is 2.40 bits per heavy atom. The van der Waals surface area contributed by atoms with Crippen molar-refractivity contribution in [2.75, 3.05) is 5.32 Å². The molecule has 1 aliphatic carbocycles. The van der Waals surface area contributed by atoms with E-state index >= 15 is 0 Å². The molecule has 0 radical (unpaired) electrons. The number of carboxylic acids is 1. The van der Waals surface area contributed by atoms with Gasteiger partial charge in [0.2, 0.25) is 5.91 Å². The van der Waals surface area contributed by atoms with Crippen molar-refractivity contribution >= 4 is 28.9 Å². The largest absolute Gasteiger partial charge is 0.477 e. The van der Waals surface area contributed by atoms with Crippen LogP contribution in [0.3, 0.4) is 0 Å². The van der Waals surface area contributed by atoms with Crippen molar-refractivity contribution in [3.8, 4) is 10.4 Å². The summed E-state index contributed by atoms with van der Waals surface area (Å²) in [6.07, 6.45) is 3.72. The lowest BCUT2D eigenvalue weighted by Gasteiger charge is -2.25. The number of carbonyl (C=O) groups excluding carboxylic acids is 1. The first-order valence-corrected chi connectivity index (χ1v) is 9.19. The maximum atomic E-state index is 13.1. The lowest BCUT2D eigenvalue weighted by atomic mass is 9.82. The summed E-state index contributed by atoms with van der Waals surface area (Å²) in [5, 5.41) is 12.2. The number of amides is 1. The molecule has 3 rings (SSSR count). The number of carboxylic acid groups (broad SMARTS) is 1. The van der Waals surface area contributed by atoms with Gasteiger partial charge in [-0.15, -0.1) is 11.3 Å². The number of hydrogen-bond acceptors (Lipinski definition) is 3. The van der Waals surface area contributed by atoms with Gasteiger partial charge in [0.05, 0.1) is 5.69 Å². The molecule has 2 aromatic rings. The standard InChI is InChI=1S/C19H20FNO3S/c1-11-2-4-13(5-3-11)18(22)21-15-10-16(25-17(15)19(23)24)12-6-8-14(20)9-7-12/h6-11,13H,2-5H2,1H3,(H,21,22)(H,23,24). The minimum atomic E-state index is -1.08. The van der Waals surface area contributed by atoms with E-state index in [2.05, 4.69) is 12.2 Å². The molecule has 1 aliphatic rings. The van der Waals surface area contributed by atoms with Crippen molar-refractivity contribution in [2.24, 2.45) is 11.8 Å². The third kappa shape index (κ3) is 4.07. The minimum absolute atomic E-state index is 0.0629. The Morgan fingerprint density at radius 1 is 1.16 bits per heavy atom. The number of thiophene rings is 1. The Balaban J connectivity index is 1.81. The van der Waals surface area contributed by atoms with Crippen LogP contribution in [0, 0.1) is 17.7 Å². The highest BCUT2D eigenvalue weighted by Crippen LogP contribution is 2.36. The van der Waals surface area contributed by atoms with Crippen LogP contribution in [-0.4, -0.2) is 17.0 Å². The van der Waals surface area contributed by atoms with Gasteiger partial charge in [-0.25, -0.2) is 9.18 Å². The molecular formula is C19H20FNO3S. The summed E-state index contributed by atoms with van der Waals surface area (Å²) < 4.78 is 13.1. The fourth-order valence-corrected chi connectivity index (χ4v) is 4.11. The summed E-state index contributed by atoms with van der Waals surface area (Å²) in [5.41, 5.74) is 1.04. The highest BCUT2D eigenvalue weighted by atomic mass is 32.1. The average Bonchev–Trinajstić information content (AvgIpc) is 3.00. The van der Waals surface area contributed by atoms with Crippen molar-refractivity contribution in [3.63, 3.8) is 0 Å². The molecule has 4 nitrogen and oxygen atoms in total. The molecule has 0 saturated heterocycles. The van der Waals surface area contributed by atoms with Gasteiger partial charge in [0, 0.05) is 10.8 Å². The van der Waals surface area contributed by atoms with Gasteiger partial charge in [0.25, 0.3) is 0 Å². The molecular weight excluding hydrogens is 341 g/mol. The normalized spacial score (nSPS) is 20.2. The molecule has 0 aliphatic heterocycles. The Labute approximate surface area is 149 Å². The second-order valence-corrected chi connectivity index (χ2v) is 7.66. The number of nitrogens with one attached hydrogen (secondary N) is 1. The highest BCUT2D eigenvalue weighted by Gasteiger charge is 2.26. The average molecular weight is 361 g/mol. The second-order valence-electron chi connectivity index (χ2n) is 6.61. The van der Waals surface area contributed by atoms with Crippen LogP contribution in [0.4, 0.5) is 10.1 Å². The molecule has 1 aromatic carbocycles. The number of anilines is 1. The second kappa shape index (κ2) is 7.35. The minimum Gasteiger partial charge on any atom is -0.477 e. The molecule has 2 N–H and O–H groups in total. The Hall–Kier alpha value is -2.21. The number of rotatable bonds is 4. The number of benzene rings is 1. The van der Waals surface area contributed by atoms with E-state index in [1.54, 1.807) is 18.2 Å². The summed E-state index contributed by atoms with van der Waals surface area (Å²) in [7, 11) is 0. The van der Waals surface area contributed by atoms with Crippen LogP contribution in [0.5, 0.6) is 0 Å². The first-order chi connectivity index (χ1) is 11.9. The van der Waals surface area contributed by atoms with Gasteiger partial charge >= 0.3 is 5.97 Å². The molecule has 1 saturated carbocycles. The van der Waals surface area contributed by atoms with Crippen molar-refractivity contribution in [1.82, 2.24) is 0 Å². The molecule has 1 heterocycles. The van der Waals surface area contributed by atoms with E-state index in [-0.39, 0.29) is 22.5 Å². The zero-order chi connectivity index (χ0) is 18.0. The van der Waals surface area contributed by atoms with Crippen LogP contribution in [0.15, 0.2) is 30.3 Å². The van der Waals surface area contributed by atoms with Gasteiger partial charge in [-0.1, -0.05) is 19.1 Å². The predicted octanol–water partition coefficient (Wildman–Crippen LogP) is 5.02. The Kier molecular flexibility index (Phi) is 5.18. The van der Waals surface area contributed by atoms with Crippen molar-refractivity contribution in [2.45, 2.75) is 32.6 Å². The van der Waals surface area contributed by atoms with E-state index < -0.39 is 5.97 Å². The topological polar surface area (TPSA) is 66.4 Å². The van der Waals surface area contributed by atoms with Crippen LogP contribution < -0.4 is 5.32 Å². The first kappa shape index (κ1) is 17.6. The van der Waals surface area contributed by atoms with E-state index in [1.807, 2.05) is 0 Å². The third-order valence-electron chi connectivity index (χ3n) is 4.70. The van der Waals surface area contributed by atoms with E-state index in [1.165, 1.54) is 12.1 Å². The summed E-state index contributed by atoms with van der Waals surface area (Å²) in [4.78, 5) is 24.8. The molecule has 1 amide bonds. The number of hydrogen-bond donors (Lipinski definition) is 2. The summed E-state index contributed by atoms with van der Waals surface area (Å²) in [6, 6.07) is 7.51. The van der Waals surface area contributed by atoms with Gasteiger partial charge in [0.15, 0.2) is 0 Å². The lowest BCUT2D eigenvalue weighted by molar-refractivity contribution is -0.121. The molecule has 1 aromatic heterocycles. The first-order valence-electron chi connectivity index (χ1n) is 8.38. The van der Waals surface area contributed by atoms with Crippen LogP contribution in [0.1, 0.15) is 42.3 Å². The van der Waals surface area contributed by atoms with E-state index in [4.69, 9.17) is 0 Å². The smallest absolute Gasteiger partial charge is 0.348 e. The molecule has 0 unspecified atom stereocenters. The number of aromatic carboxylic acids is 1. The molecule has 25 heavy (non-hydrogen) atoms. The van der Waals surface area contributed by atoms with E-state index in [9.17, 15) is 19.1 Å². The number of carbonyl (C=O) groups is 2. The predicted molar refractivity (Wildman–Crippen MR) is 96.4 cm³/mol. The monoisotopic (exact) mass is 361 g/mol. The number of halogens is 1. The quantitative estimate of drug-likeness (QED) is 0.804. The molecule has 1 fully saturated rings. The van der Waals surface area contributed by atoms with Crippen LogP contribution in [0.25, 0.3) is 10.4 Å². The highest BCUT2D eigenvalue weighted by molar-refractivity contribution is 7.18. The SMILES string of the molecule is CC1CCC(C(=O)Nc2cc(-c3ccc(F)cc3)sc2C(=O)O)CC1. The van der Waals surface area contributed by atoms with Crippen LogP contribution >= 0.6 is 11.3 Å². The molecule has 132 valence electrons. The maximum absolute atomic E-state index is 13.1. The lowest BCUT2D eigenvalue weighted by Crippen LogP contribution is -2.27. The Bertz CT molecular complexity index is 776. The van der Waals surface area contributed by atoms with Crippen LogP contribution in [-0.2, 0) is 4.79 Å². The fraction of sp³-hybridized carbons (Fsp3) is 0.368. The molecule has 0 spiro atoms. The van der Waals surface area contributed by atoms with E-state index in [0.29, 0.717) is 16.5 Å². The summed E-state index contributed by atoms with van der Waals surface area (Å²) >= 11 is 1.08. The van der Waals surface area contributed by atoms with Gasteiger partial charge < -0.3 is 10.4 Å². The molecule has 0 bridgehead atoms.